The normalized spacial score (nSPS) is 21.4. The Morgan fingerprint density at radius 1 is 1.14 bits per heavy atom. The van der Waals surface area contributed by atoms with Crippen molar-refractivity contribution in [3.8, 4) is 0 Å². The molecule has 4 heteroatoms. The monoisotopic (exact) mass is 324 g/mol. The molecule has 1 saturated heterocycles. The zero-order valence-electron chi connectivity index (χ0n) is 7.79. The second-order valence-electron chi connectivity index (χ2n) is 3.26. The molecule has 0 amide bonds. The Morgan fingerprint density at radius 3 is 2.43 bits per heavy atom. The van der Waals surface area contributed by atoms with E-state index in [2.05, 4.69) is 57.5 Å². The Bertz CT molecular complexity index is 270. The smallest absolute Gasteiger partial charge is 0.0447 e. The molecule has 1 unspecified atom stereocenters. The van der Waals surface area contributed by atoms with Gasteiger partial charge < -0.3 is 10.6 Å². The van der Waals surface area contributed by atoms with Crippen LogP contribution in [0.5, 0.6) is 0 Å². The number of piperazine rings is 1. The third-order valence-corrected chi connectivity index (χ3v) is 3.03. The van der Waals surface area contributed by atoms with E-state index in [0.717, 1.165) is 19.6 Å². The van der Waals surface area contributed by atoms with Gasteiger partial charge >= 0.3 is 0 Å². The lowest BCUT2D eigenvalue weighted by Gasteiger charge is -2.24. The molecule has 14 heavy (non-hydrogen) atoms. The lowest BCUT2D eigenvalue weighted by molar-refractivity contribution is 0.430. The van der Waals surface area contributed by atoms with Crippen LogP contribution in [0, 0.1) is 3.57 Å². The Hall–Kier alpha value is 0.160. The Balaban J connectivity index is 0.000000980. The van der Waals surface area contributed by atoms with Crippen LogP contribution < -0.4 is 10.6 Å². The number of benzene rings is 1. The first-order valence-electron chi connectivity index (χ1n) is 4.56. The van der Waals surface area contributed by atoms with Crippen molar-refractivity contribution >= 4 is 35.0 Å². The van der Waals surface area contributed by atoms with Gasteiger partial charge in [0, 0.05) is 29.2 Å². The molecule has 0 aliphatic carbocycles. The molecular formula is C10H14ClIN2. The summed E-state index contributed by atoms with van der Waals surface area (Å²) in [5, 5.41) is 6.87. The van der Waals surface area contributed by atoms with Gasteiger partial charge in [-0.3, -0.25) is 0 Å². The Kier molecular flexibility index (Phi) is 5.15. The van der Waals surface area contributed by atoms with Crippen molar-refractivity contribution in [3.63, 3.8) is 0 Å². The minimum Gasteiger partial charge on any atom is -0.314 e. The van der Waals surface area contributed by atoms with Crippen LogP contribution in [0.4, 0.5) is 0 Å². The molecule has 1 fully saturated rings. The lowest BCUT2D eigenvalue weighted by atomic mass is 10.1. The predicted molar refractivity (Wildman–Crippen MR) is 70.0 cm³/mol. The van der Waals surface area contributed by atoms with Gasteiger partial charge in [-0.15, -0.1) is 12.4 Å². The fourth-order valence-corrected chi connectivity index (χ4v) is 1.94. The number of hydrogen-bond donors (Lipinski definition) is 2. The largest absolute Gasteiger partial charge is 0.314 e. The summed E-state index contributed by atoms with van der Waals surface area (Å²) in [4.78, 5) is 0. The molecule has 1 aliphatic rings. The van der Waals surface area contributed by atoms with Gasteiger partial charge in [0.1, 0.15) is 0 Å². The zero-order chi connectivity index (χ0) is 9.10. The minimum absolute atomic E-state index is 0. The van der Waals surface area contributed by atoms with E-state index in [4.69, 9.17) is 0 Å². The highest BCUT2D eigenvalue weighted by molar-refractivity contribution is 14.1. The summed E-state index contributed by atoms with van der Waals surface area (Å²) in [5.41, 5.74) is 1.38. The molecule has 78 valence electrons. The zero-order valence-corrected chi connectivity index (χ0v) is 10.8. The Morgan fingerprint density at radius 2 is 1.86 bits per heavy atom. The van der Waals surface area contributed by atoms with Gasteiger partial charge in [0.05, 0.1) is 0 Å². The first-order chi connectivity index (χ1) is 6.36. The maximum Gasteiger partial charge on any atom is 0.0447 e. The van der Waals surface area contributed by atoms with Crippen molar-refractivity contribution in [2.24, 2.45) is 0 Å². The van der Waals surface area contributed by atoms with Gasteiger partial charge in [0.15, 0.2) is 0 Å². The highest BCUT2D eigenvalue weighted by Gasteiger charge is 2.13. The van der Waals surface area contributed by atoms with Crippen LogP contribution in [-0.2, 0) is 0 Å². The van der Waals surface area contributed by atoms with E-state index in [1.807, 2.05) is 0 Å². The van der Waals surface area contributed by atoms with E-state index < -0.39 is 0 Å². The van der Waals surface area contributed by atoms with Gasteiger partial charge in [-0.2, -0.15) is 0 Å². The first kappa shape index (κ1) is 12.2. The van der Waals surface area contributed by atoms with Gasteiger partial charge in [-0.1, -0.05) is 12.1 Å². The molecule has 1 aromatic carbocycles. The van der Waals surface area contributed by atoms with Crippen molar-refractivity contribution in [2.75, 3.05) is 19.6 Å². The van der Waals surface area contributed by atoms with Gasteiger partial charge in [0.2, 0.25) is 0 Å². The molecule has 0 aromatic heterocycles. The molecule has 1 aliphatic heterocycles. The lowest BCUT2D eigenvalue weighted by Crippen LogP contribution is -2.42. The van der Waals surface area contributed by atoms with Crippen LogP contribution in [0.1, 0.15) is 11.6 Å². The maximum absolute atomic E-state index is 3.49. The van der Waals surface area contributed by atoms with Crippen LogP contribution in [0.15, 0.2) is 24.3 Å². The molecule has 0 radical (unpaired) electrons. The standard InChI is InChI=1S/C10H13IN2.ClH/c11-9-3-1-8(2-4-9)10-7-12-5-6-13-10;/h1-4,10,12-13H,5-7H2;1H. The molecule has 0 bridgehead atoms. The fraction of sp³-hybridized carbons (Fsp3) is 0.400. The van der Waals surface area contributed by atoms with Gasteiger partial charge in [-0.25, -0.2) is 0 Å². The highest BCUT2D eigenvalue weighted by atomic mass is 127. The van der Waals surface area contributed by atoms with Crippen molar-refractivity contribution < 1.29 is 0 Å². The predicted octanol–water partition coefficient (Wildman–Crippen LogP) is 1.95. The summed E-state index contributed by atoms with van der Waals surface area (Å²) < 4.78 is 1.30. The van der Waals surface area contributed by atoms with Gasteiger partial charge in [-0.05, 0) is 40.3 Å². The van der Waals surface area contributed by atoms with Crippen LogP contribution in [0.2, 0.25) is 0 Å². The van der Waals surface area contributed by atoms with Crippen LogP contribution in [0.25, 0.3) is 0 Å². The number of rotatable bonds is 1. The SMILES string of the molecule is Cl.Ic1ccc(C2CNCCN2)cc1. The number of nitrogens with one attached hydrogen (secondary N) is 2. The fourth-order valence-electron chi connectivity index (χ4n) is 1.58. The minimum atomic E-state index is 0. The summed E-state index contributed by atoms with van der Waals surface area (Å²) in [6, 6.07) is 9.21. The van der Waals surface area contributed by atoms with Crippen LogP contribution in [0.3, 0.4) is 0 Å². The average molecular weight is 325 g/mol. The van der Waals surface area contributed by atoms with Crippen molar-refractivity contribution in [1.82, 2.24) is 10.6 Å². The molecule has 2 rings (SSSR count). The number of hydrogen-bond acceptors (Lipinski definition) is 2. The maximum atomic E-state index is 3.49. The van der Waals surface area contributed by atoms with E-state index in [1.165, 1.54) is 9.13 Å². The summed E-state index contributed by atoms with van der Waals surface area (Å²) >= 11 is 2.33. The molecule has 2 N–H and O–H groups in total. The molecule has 0 spiro atoms. The molecular weight excluding hydrogens is 310 g/mol. The van der Waals surface area contributed by atoms with E-state index in [9.17, 15) is 0 Å². The average Bonchev–Trinajstić information content (AvgIpc) is 2.20. The van der Waals surface area contributed by atoms with E-state index in [0.29, 0.717) is 6.04 Å². The second kappa shape index (κ2) is 5.90. The quantitative estimate of drug-likeness (QED) is 0.772. The first-order valence-corrected chi connectivity index (χ1v) is 5.64. The van der Waals surface area contributed by atoms with E-state index >= 15 is 0 Å². The molecule has 1 atom stereocenters. The molecule has 1 heterocycles. The third kappa shape index (κ3) is 3.08. The van der Waals surface area contributed by atoms with Gasteiger partial charge in [0.25, 0.3) is 0 Å². The van der Waals surface area contributed by atoms with E-state index in [-0.39, 0.29) is 12.4 Å². The molecule has 2 nitrogen and oxygen atoms in total. The summed E-state index contributed by atoms with van der Waals surface area (Å²) in [6.45, 7) is 3.19. The van der Waals surface area contributed by atoms with Crippen molar-refractivity contribution in [2.45, 2.75) is 6.04 Å². The van der Waals surface area contributed by atoms with E-state index in [1.54, 1.807) is 0 Å². The van der Waals surface area contributed by atoms with Crippen molar-refractivity contribution in [3.05, 3.63) is 33.4 Å². The number of halogens is 2. The third-order valence-electron chi connectivity index (χ3n) is 2.31. The summed E-state index contributed by atoms with van der Waals surface area (Å²) in [6.07, 6.45) is 0. The Labute approximate surface area is 104 Å². The summed E-state index contributed by atoms with van der Waals surface area (Å²) in [5.74, 6) is 0. The highest BCUT2D eigenvalue weighted by Crippen LogP contribution is 2.15. The molecule has 1 aromatic rings. The van der Waals surface area contributed by atoms with Crippen LogP contribution in [-0.4, -0.2) is 19.6 Å². The van der Waals surface area contributed by atoms with Crippen molar-refractivity contribution in [1.29, 1.82) is 0 Å². The second-order valence-corrected chi connectivity index (χ2v) is 4.51. The molecule has 0 saturated carbocycles. The topological polar surface area (TPSA) is 24.1 Å². The summed E-state index contributed by atoms with van der Waals surface area (Å²) in [7, 11) is 0. The van der Waals surface area contributed by atoms with Crippen LogP contribution >= 0.6 is 35.0 Å².